The van der Waals surface area contributed by atoms with Gasteiger partial charge in [0.1, 0.15) is 12.7 Å². The first kappa shape index (κ1) is 22.7. The highest BCUT2D eigenvalue weighted by Gasteiger charge is 2.49. The molecule has 0 saturated carbocycles. The minimum Gasteiger partial charge on any atom is -0.453 e. The van der Waals surface area contributed by atoms with Gasteiger partial charge in [-0.3, -0.25) is 0 Å². The van der Waals surface area contributed by atoms with Gasteiger partial charge >= 0.3 is 10.5 Å². The molecule has 1 N–H and O–H groups in total. The maximum Gasteiger partial charge on any atom is 0.353 e. The second kappa shape index (κ2) is 10.9. The van der Waals surface area contributed by atoms with E-state index in [1.165, 1.54) is 11.1 Å². The Labute approximate surface area is 200 Å². The zero-order valence-corrected chi connectivity index (χ0v) is 19.8. The summed E-state index contributed by atoms with van der Waals surface area (Å²) < 4.78 is 22.2. The molecule has 4 atom stereocenters. The molecule has 0 spiro atoms. The van der Waals surface area contributed by atoms with E-state index in [1.807, 2.05) is 36.4 Å². The van der Waals surface area contributed by atoms with E-state index < -0.39 is 24.4 Å². The molecule has 0 bridgehead atoms. The monoisotopic (exact) mass is 494 g/mol. The fourth-order valence-electron chi connectivity index (χ4n) is 3.32. The molecule has 0 unspecified atom stereocenters. The molecule has 4 rings (SSSR count). The zero-order valence-electron chi connectivity index (χ0n) is 16.5. The SMILES string of the molecule is O[C@H]([C@@H]1OC(=S)O[C@H]1C(SCc1ccccc1)SCc1ccccc1)[C@H]1COC(=S)O1. The first-order valence-corrected chi connectivity index (χ1v) is 12.7. The van der Waals surface area contributed by atoms with E-state index in [0.29, 0.717) is 0 Å². The molecule has 0 aromatic heterocycles. The molecule has 0 amide bonds. The summed E-state index contributed by atoms with van der Waals surface area (Å²) in [6.45, 7) is 0.179. The predicted molar refractivity (Wildman–Crippen MR) is 131 cm³/mol. The molecule has 2 heterocycles. The molecule has 164 valence electrons. The Bertz CT molecular complexity index is 838. The van der Waals surface area contributed by atoms with Gasteiger partial charge in [-0.1, -0.05) is 60.7 Å². The smallest absolute Gasteiger partial charge is 0.353 e. The normalized spacial score (nSPS) is 23.7. The Hall–Kier alpha value is -1.52. The molecule has 0 radical (unpaired) electrons. The summed E-state index contributed by atoms with van der Waals surface area (Å²) in [7, 11) is 0. The molecule has 2 fully saturated rings. The van der Waals surface area contributed by atoms with Crippen molar-refractivity contribution in [3.8, 4) is 0 Å². The van der Waals surface area contributed by atoms with Gasteiger partial charge in [-0.2, -0.15) is 0 Å². The summed E-state index contributed by atoms with van der Waals surface area (Å²) in [6.07, 6.45) is -2.70. The summed E-state index contributed by atoms with van der Waals surface area (Å²) in [4.78, 5) is 0. The van der Waals surface area contributed by atoms with Crippen LogP contribution >= 0.6 is 48.0 Å². The summed E-state index contributed by atoms with van der Waals surface area (Å²) in [5.41, 5.74) is 2.43. The topological polar surface area (TPSA) is 57.2 Å². The fraction of sp³-hybridized carbons (Fsp3) is 0.364. The number of aliphatic hydroxyl groups excluding tert-OH is 1. The lowest BCUT2D eigenvalue weighted by molar-refractivity contribution is -0.0410. The Morgan fingerprint density at radius 3 is 1.87 bits per heavy atom. The highest BCUT2D eigenvalue weighted by Crippen LogP contribution is 2.39. The maximum atomic E-state index is 10.9. The second-order valence-electron chi connectivity index (χ2n) is 7.08. The van der Waals surface area contributed by atoms with Crippen LogP contribution in [0.15, 0.2) is 60.7 Å². The minimum atomic E-state index is -0.983. The number of hydrogen-bond acceptors (Lipinski definition) is 9. The summed E-state index contributed by atoms with van der Waals surface area (Å²) in [5, 5.41) is 11.0. The number of aliphatic hydroxyl groups is 1. The van der Waals surface area contributed by atoms with Crippen LogP contribution in [0.2, 0.25) is 0 Å². The van der Waals surface area contributed by atoms with Gasteiger partial charge in [-0.25, -0.2) is 0 Å². The van der Waals surface area contributed by atoms with Gasteiger partial charge in [0, 0.05) is 35.9 Å². The summed E-state index contributed by atoms with van der Waals surface area (Å²) in [5.74, 6) is 1.60. The van der Waals surface area contributed by atoms with Crippen LogP contribution in [0.1, 0.15) is 11.1 Å². The standard InChI is InChI=1S/C22H22O5S4/c23-17(16-11-24-21(28)25-16)18-19(27-22(29)26-18)20(30-12-14-7-3-1-4-8-14)31-13-15-9-5-2-6-10-15/h1-10,16-20,23H,11-13H2/t16-,17+,18+,19-/m1/s1. The van der Waals surface area contributed by atoms with Crippen molar-refractivity contribution in [1.82, 2.24) is 0 Å². The predicted octanol–water partition coefficient (Wildman–Crippen LogP) is 4.31. The number of thiocarbonyl (C=S) groups is 2. The largest absolute Gasteiger partial charge is 0.453 e. The van der Waals surface area contributed by atoms with E-state index in [-0.39, 0.29) is 21.7 Å². The molecule has 9 heteroatoms. The van der Waals surface area contributed by atoms with Gasteiger partial charge in [0.15, 0.2) is 18.3 Å². The number of rotatable bonds is 9. The first-order chi connectivity index (χ1) is 15.1. The Balaban J connectivity index is 1.49. The summed E-state index contributed by atoms with van der Waals surface area (Å²) >= 11 is 13.6. The molecule has 2 aliphatic rings. The van der Waals surface area contributed by atoms with E-state index in [0.717, 1.165) is 11.5 Å². The average Bonchev–Trinajstić information content (AvgIpc) is 3.40. The van der Waals surface area contributed by atoms with Crippen molar-refractivity contribution >= 4 is 58.4 Å². The highest BCUT2D eigenvalue weighted by atomic mass is 32.2. The van der Waals surface area contributed by atoms with Crippen molar-refractivity contribution in [3.05, 3.63) is 71.8 Å². The Morgan fingerprint density at radius 2 is 1.35 bits per heavy atom. The second-order valence-corrected chi connectivity index (χ2v) is 10.3. The lowest BCUT2D eigenvalue weighted by Gasteiger charge is -2.28. The molecule has 2 aliphatic heterocycles. The van der Waals surface area contributed by atoms with E-state index in [2.05, 4.69) is 24.3 Å². The van der Waals surface area contributed by atoms with Gasteiger partial charge in [-0.15, -0.1) is 23.5 Å². The molecule has 2 saturated heterocycles. The first-order valence-electron chi connectivity index (χ1n) is 9.80. The van der Waals surface area contributed by atoms with Crippen LogP contribution in [0.3, 0.4) is 0 Å². The number of thioether (sulfide) groups is 2. The van der Waals surface area contributed by atoms with Gasteiger partial charge < -0.3 is 24.1 Å². The third-order valence-corrected chi connectivity index (χ3v) is 8.32. The third kappa shape index (κ3) is 6.04. The van der Waals surface area contributed by atoms with Crippen LogP contribution in [0.4, 0.5) is 0 Å². The molecule has 5 nitrogen and oxygen atoms in total. The van der Waals surface area contributed by atoms with E-state index in [1.54, 1.807) is 23.5 Å². The quantitative estimate of drug-likeness (QED) is 0.406. The lowest BCUT2D eigenvalue weighted by atomic mass is 10.0. The highest BCUT2D eigenvalue weighted by molar-refractivity contribution is 8.16. The van der Waals surface area contributed by atoms with Gasteiger partial charge in [0.05, 0.1) is 4.58 Å². The molecule has 31 heavy (non-hydrogen) atoms. The van der Waals surface area contributed by atoms with Crippen LogP contribution in [0, 0.1) is 0 Å². The van der Waals surface area contributed by atoms with Crippen molar-refractivity contribution in [2.45, 2.75) is 40.5 Å². The van der Waals surface area contributed by atoms with Crippen molar-refractivity contribution in [1.29, 1.82) is 0 Å². The minimum absolute atomic E-state index is 0.0326. The Kier molecular flexibility index (Phi) is 7.95. The molecule has 2 aromatic rings. The molecular weight excluding hydrogens is 473 g/mol. The maximum absolute atomic E-state index is 10.9. The summed E-state index contributed by atoms with van der Waals surface area (Å²) in [6, 6.07) is 20.5. The number of ether oxygens (including phenoxy) is 4. The molecule has 2 aromatic carbocycles. The average molecular weight is 495 g/mol. The van der Waals surface area contributed by atoms with Crippen LogP contribution in [-0.4, -0.2) is 51.2 Å². The van der Waals surface area contributed by atoms with Crippen LogP contribution < -0.4 is 0 Å². The van der Waals surface area contributed by atoms with Crippen molar-refractivity contribution in [2.24, 2.45) is 0 Å². The number of hydrogen-bond donors (Lipinski definition) is 1. The Morgan fingerprint density at radius 1 is 0.806 bits per heavy atom. The van der Waals surface area contributed by atoms with Crippen LogP contribution in [-0.2, 0) is 30.5 Å². The van der Waals surface area contributed by atoms with Gasteiger partial charge in [0.25, 0.3) is 0 Å². The van der Waals surface area contributed by atoms with Crippen molar-refractivity contribution in [3.63, 3.8) is 0 Å². The van der Waals surface area contributed by atoms with Crippen molar-refractivity contribution in [2.75, 3.05) is 6.61 Å². The van der Waals surface area contributed by atoms with Crippen LogP contribution in [0.5, 0.6) is 0 Å². The van der Waals surface area contributed by atoms with Gasteiger partial charge in [0.2, 0.25) is 0 Å². The zero-order chi connectivity index (χ0) is 21.6. The van der Waals surface area contributed by atoms with E-state index >= 15 is 0 Å². The van der Waals surface area contributed by atoms with Crippen molar-refractivity contribution < 1.29 is 24.1 Å². The van der Waals surface area contributed by atoms with E-state index in [9.17, 15) is 5.11 Å². The van der Waals surface area contributed by atoms with Gasteiger partial charge in [-0.05, 0) is 11.1 Å². The lowest BCUT2D eigenvalue weighted by Crippen LogP contribution is -2.46. The third-order valence-electron chi connectivity index (χ3n) is 4.90. The fourth-order valence-corrected chi connectivity index (χ4v) is 6.43. The molecular formula is C22H22O5S4. The van der Waals surface area contributed by atoms with E-state index in [4.69, 9.17) is 43.4 Å². The number of benzene rings is 2. The molecule has 0 aliphatic carbocycles. The van der Waals surface area contributed by atoms with Crippen LogP contribution in [0.25, 0.3) is 0 Å².